The maximum atomic E-state index is 13.2. The standard InChI is InChI=1S/C20H27BN2O/c1-17(11-7-8-14-21)22(2)20(24)19(18-12-5-3-6-13-18)23-15-9-4-10-16-23/h3,5-8,11-14,17,19H,4,9-10,15-16H2,1-2H3/t17-,19+/m0/s1. The summed E-state index contributed by atoms with van der Waals surface area (Å²) in [7, 11) is 7.23. The molecule has 1 heterocycles. The van der Waals surface area contributed by atoms with Crippen LogP contribution in [0.4, 0.5) is 0 Å². The van der Waals surface area contributed by atoms with Gasteiger partial charge in [-0.25, -0.2) is 0 Å². The lowest BCUT2D eigenvalue weighted by Crippen LogP contribution is -2.45. The summed E-state index contributed by atoms with van der Waals surface area (Å²) in [5.41, 5.74) is 1.08. The SMILES string of the molecule is [B]C=CC=C[C@H](C)N(C)C(=O)[C@@H](c1ccccc1)N1CCCCC1. The zero-order valence-electron chi connectivity index (χ0n) is 14.8. The highest BCUT2D eigenvalue weighted by Crippen LogP contribution is 2.27. The molecule has 1 aromatic rings. The molecule has 4 heteroatoms. The van der Waals surface area contributed by atoms with Crippen molar-refractivity contribution in [3.05, 3.63) is 60.1 Å². The van der Waals surface area contributed by atoms with Gasteiger partial charge in [-0.3, -0.25) is 9.69 Å². The molecule has 0 bridgehead atoms. The van der Waals surface area contributed by atoms with Crippen LogP contribution in [0.1, 0.15) is 37.8 Å². The van der Waals surface area contributed by atoms with E-state index in [9.17, 15) is 4.79 Å². The molecule has 1 aromatic carbocycles. The van der Waals surface area contributed by atoms with Crippen molar-refractivity contribution in [1.82, 2.24) is 9.80 Å². The number of rotatable bonds is 6. The van der Waals surface area contributed by atoms with Gasteiger partial charge in [-0.1, -0.05) is 55.0 Å². The van der Waals surface area contributed by atoms with E-state index in [1.807, 2.05) is 49.2 Å². The zero-order chi connectivity index (χ0) is 17.4. The van der Waals surface area contributed by atoms with Crippen molar-refractivity contribution in [3.63, 3.8) is 0 Å². The molecule has 0 spiro atoms. The van der Waals surface area contributed by atoms with Gasteiger partial charge in [0, 0.05) is 13.1 Å². The average Bonchev–Trinajstić information content (AvgIpc) is 2.63. The summed E-state index contributed by atoms with van der Waals surface area (Å²) in [6.45, 7) is 4.00. The van der Waals surface area contributed by atoms with Crippen LogP contribution < -0.4 is 0 Å². The van der Waals surface area contributed by atoms with Gasteiger partial charge in [0.15, 0.2) is 0 Å². The Balaban J connectivity index is 2.20. The van der Waals surface area contributed by atoms with Crippen LogP contribution in [0.3, 0.4) is 0 Å². The van der Waals surface area contributed by atoms with Crippen LogP contribution in [-0.2, 0) is 4.79 Å². The van der Waals surface area contributed by atoms with Gasteiger partial charge in [0.25, 0.3) is 0 Å². The lowest BCUT2D eigenvalue weighted by Gasteiger charge is -2.37. The van der Waals surface area contributed by atoms with Crippen LogP contribution in [0.5, 0.6) is 0 Å². The summed E-state index contributed by atoms with van der Waals surface area (Å²) in [4.78, 5) is 17.4. The van der Waals surface area contributed by atoms with Gasteiger partial charge in [-0.05, 0) is 38.4 Å². The van der Waals surface area contributed by atoms with Gasteiger partial charge in [0.05, 0.1) is 0 Å². The number of carbonyl (C=O) groups excluding carboxylic acids is 1. The smallest absolute Gasteiger partial charge is 0.244 e. The first kappa shape index (κ1) is 18.5. The number of allylic oxidation sites excluding steroid dienone is 2. The third-order valence-corrected chi connectivity index (χ3v) is 4.68. The quantitative estimate of drug-likeness (QED) is 0.593. The van der Waals surface area contributed by atoms with Gasteiger partial charge in [-0.2, -0.15) is 0 Å². The van der Waals surface area contributed by atoms with Gasteiger partial charge in [-0.15, -0.1) is 5.98 Å². The molecule has 0 unspecified atom stereocenters. The first-order valence-electron chi connectivity index (χ1n) is 8.76. The van der Waals surface area contributed by atoms with Crippen LogP contribution in [0.25, 0.3) is 0 Å². The molecule has 3 nitrogen and oxygen atoms in total. The van der Waals surface area contributed by atoms with Crippen molar-refractivity contribution in [2.24, 2.45) is 0 Å². The van der Waals surface area contributed by atoms with E-state index in [4.69, 9.17) is 7.85 Å². The first-order chi connectivity index (χ1) is 11.6. The van der Waals surface area contributed by atoms with Crippen molar-refractivity contribution < 1.29 is 4.79 Å². The Labute approximate surface area is 147 Å². The zero-order valence-corrected chi connectivity index (χ0v) is 14.8. The van der Waals surface area contributed by atoms with Crippen molar-refractivity contribution in [2.45, 2.75) is 38.3 Å². The van der Waals surface area contributed by atoms with Gasteiger partial charge in [0.1, 0.15) is 13.9 Å². The number of hydrogen-bond acceptors (Lipinski definition) is 2. The fraction of sp³-hybridized carbons (Fsp3) is 0.450. The van der Waals surface area contributed by atoms with Crippen molar-refractivity contribution in [2.75, 3.05) is 20.1 Å². The Morgan fingerprint density at radius 2 is 1.83 bits per heavy atom. The Bertz CT molecular complexity index is 564. The van der Waals surface area contributed by atoms with Crippen LogP contribution >= 0.6 is 0 Å². The molecule has 0 N–H and O–H groups in total. The van der Waals surface area contributed by atoms with Crippen molar-refractivity contribution in [3.8, 4) is 0 Å². The van der Waals surface area contributed by atoms with E-state index >= 15 is 0 Å². The summed E-state index contributed by atoms with van der Waals surface area (Å²) in [6, 6.07) is 9.95. The number of likely N-dealkylation sites (tertiary alicyclic amines) is 1. The highest BCUT2D eigenvalue weighted by molar-refractivity contribution is 6.17. The molecule has 1 aliphatic heterocycles. The predicted octanol–water partition coefficient (Wildman–Crippen LogP) is 3.30. The van der Waals surface area contributed by atoms with Crippen LogP contribution in [0, 0.1) is 0 Å². The molecule has 0 saturated carbocycles. The summed E-state index contributed by atoms with van der Waals surface area (Å²) in [5, 5.41) is 0. The fourth-order valence-corrected chi connectivity index (χ4v) is 3.13. The number of benzene rings is 1. The minimum absolute atomic E-state index is 0.0182. The second-order valence-corrected chi connectivity index (χ2v) is 6.37. The van der Waals surface area contributed by atoms with Crippen molar-refractivity contribution in [1.29, 1.82) is 0 Å². The highest BCUT2D eigenvalue weighted by Gasteiger charge is 2.31. The summed E-state index contributed by atoms with van der Waals surface area (Å²) >= 11 is 0. The minimum atomic E-state index is -0.197. The molecule has 2 radical (unpaired) electrons. The van der Waals surface area contributed by atoms with E-state index in [0.717, 1.165) is 31.5 Å². The van der Waals surface area contributed by atoms with E-state index in [0.29, 0.717) is 0 Å². The Hall–Kier alpha value is -1.81. The molecule has 1 amide bonds. The van der Waals surface area contributed by atoms with Gasteiger partial charge < -0.3 is 4.90 Å². The van der Waals surface area contributed by atoms with E-state index in [1.165, 1.54) is 12.4 Å². The highest BCUT2D eigenvalue weighted by atomic mass is 16.2. The molecule has 2 rings (SSSR count). The molecule has 0 aromatic heterocycles. The fourth-order valence-electron chi connectivity index (χ4n) is 3.13. The molecular formula is C20H27BN2O. The molecule has 2 atom stereocenters. The largest absolute Gasteiger partial charge is 0.338 e. The monoisotopic (exact) mass is 322 g/mol. The Morgan fingerprint density at radius 1 is 1.17 bits per heavy atom. The first-order valence-corrected chi connectivity index (χ1v) is 8.76. The number of nitrogens with zero attached hydrogens (tertiary/aromatic N) is 2. The number of amides is 1. The topological polar surface area (TPSA) is 23.6 Å². The molecule has 126 valence electrons. The summed E-state index contributed by atoms with van der Waals surface area (Å²) in [6.07, 6.45) is 9.22. The van der Waals surface area contributed by atoms with E-state index in [1.54, 1.807) is 6.08 Å². The van der Waals surface area contributed by atoms with E-state index < -0.39 is 0 Å². The summed E-state index contributed by atoms with van der Waals surface area (Å²) < 4.78 is 0. The number of hydrogen-bond donors (Lipinski definition) is 0. The van der Waals surface area contributed by atoms with Crippen molar-refractivity contribution >= 4 is 13.8 Å². The van der Waals surface area contributed by atoms with E-state index in [-0.39, 0.29) is 18.0 Å². The predicted molar refractivity (Wildman–Crippen MR) is 101 cm³/mol. The second kappa shape index (κ2) is 9.48. The number of piperidine rings is 1. The van der Waals surface area contributed by atoms with E-state index in [2.05, 4.69) is 17.0 Å². The van der Waals surface area contributed by atoms with Gasteiger partial charge in [0.2, 0.25) is 5.91 Å². The second-order valence-electron chi connectivity index (χ2n) is 6.37. The molecule has 0 aliphatic carbocycles. The molecular weight excluding hydrogens is 295 g/mol. The molecule has 1 fully saturated rings. The normalized spacial score (nSPS) is 18.8. The number of carbonyl (C=O) groups is 1. The van der Waals surface area contributed by atoms with Gasteiger partial charge >= 0.3 is 0 Å². The Morgan fingerprint density at radius 3 is 2.46 bits per heavy atom. The van der Waals surface area contributed by atoms with Crippen LogP contribution in [-0.4, -0.2) is 49.7 Å². The maximum Gasteiger partial charge on any atom is 0.244 e. The number of likely N-dealkylation sites (N-methyl/N-ethyl adjacent to an activating group) is 1. The third-order valence-electron chi connectivity index (χ3n) is 4.68. The lowest BCUT2D eigenvalue weighted by molar-refractivity contribution is -0.137. The molecule has 1 aliphatic rings. The third kappa shape index (κ3) is 4.84. The Kier molecular flexibility index (Phi) is 7.32. The molecule has 1 saturated heterocycles. The maximum absolute atomic E-state index is 13.2. The minimum Gasteiger partial charge on any atom is -0.338 e. The van der Waals surface area contributed by atoms with Crippen LogP contribution in [0.15, 0.2) is 54.5 Å². The van der Waals surface area contributed by atoms with Crippen LogP contribution in [0.2, 0.25) is 0 Å². The summed E-state index contributed by atoms with van der Waals surface area (Å²) in [5.74, 6) is 1.64. The lowest BCUT2D eigenvalue weighted by atomic mass is 10.00. The average molecular weight is 322 g/mol. The molecule has 24 heavy (non-hydrogen) atoms.